The van der Waals surface area contributed by atoms with E-state index in [1.807, 2.05) is 19.2 Å². The van der Waals surface area contributed by atoms with E-state index < -0.39 is 0 Å². The molecule has 2 aromatic carbocycles. The number of halogens is 1. The number of aromatic nitrogens is 2. The Bertz CT molecular complexity index is 1110. The Balaban J connectivity index is 1.77. The van der Waals surface area contributed by atoms with Crippen LogP contribution in [0.3, 0.4) is 0 Å². The van der Waals surface area contributed by atoms with Gasteiger partial charge in [-0.2, -0.15) is 0 Å². The number of H-pyrrole nitrogens is 1. The van der Waals surface area contributed by atoms with Gasteiger partial charge in [-0.25, -0.2) is 0 Å². The summed E-state index contributed by atoms with van der Waals surface area (Å²) in [5.74, 6) is -0.0476. The summed E-state index contributed by atoms with van der Waals surface area (Å²) in [6, 6.07) is 14.5. The molecule has 4 rings (SSSR count). The van der Waals surface area contributed by atoms with Crippen LogP contribution in [0.25, 0.3) is 32.9 Å². The van der Waals surface area contributed by atoms with Gasteiger partial charge in [0.1, 0.15) is 0 Å². The van der Waals surface area contributed by atoms with Crippen LogP contribution in [0.1, 0.15) is 12.6 Å². The number of benzene rings is 2. The highest BCUT2D eigenvalue weighted by atomic mass is 35.5. The average Bonchev–Trinajstić information content (AvgIpc) is 3.15. The molecule has 4 aromatic rings. The summed E-state index contributed by atoms with van der Waals surface area (Å²) in [6.45, 7) is 1.99. The van der Waals surface area contributed by atoms with Gasteiger partial charge in [0.05, 0.1) is 6.54 Å². The maximum absolute atomic E-state index is 11.1. The molecule has 2 N–H and O–H groups in total. The van der Waals surface area contributed by atoms with Crippen molar-refractivity contribution in [2.45, 2.75) is 13.5 Å². The number of fused-ring (bicyclic) bond motifs is 2. The monoisotopic (exact) mass is 351 g/mol. The lowest BCUT2D eigenvalue weighted by molar-refractivity contribution is -0.119. The Labute approximate surface area is 150 Å². The van der Waals surface area contributed by atoms with E-state index in [-0.39, 0.29) is 5.91 Å². The average molecular weight is 352 g/mol. The highest BCUT2D eigenvalue weighted by Gasteiger charge is 2.10. The zero-order valence-corrected chi connectivity index (χ0v) is 14.8. The minimum Gasteiger partial charge on any atom is -0.357 e. The second-order valence-electron chi connectivity index (χ2n) is 6.32. The molecule has 0 aliphatic rings. The third-order valence-corrected chi connectivity index (χ3v) is 4.80. The predicted molar refractivity (Wildman–Crippen MR) is 103 cm³/mol. The van der Waals surface area contributed by atoms with Crippen molar-refractivity contribution in [3.63, 3.8) is 0 Å². The first-order chi connectivity index (χ1) is 12.0. The number of carbonyl (C=O) groups excluding carboxylic acids is 1. The van der Waals surface area contributed by atoms with Crippen LogP contribution in [0.15, 0.2) is 48.7 Å². The second-order valence-corrected chi connectivity index (χ2v) is 6.73. The first kappa shape index (κ1) is 15.8. The number of aromatic amines is 1. The third kappa shape index (κ3) is 2.89. The van der Waals surface area contributed by atoms with Crippen molar-refractivity contribution in [2.75, 3.05) is 0 Å². The number of rotatable bonds is 3. The summed E-state index contributed by atoms with van der Waals surface area (Å²) >= 11 is 6.54. The van der Waals surface area contributed by atoms with Crippen LogP contribution in [0.2, 0.25) is 5.02 Å². The fraction of sp³-hybridized carbons (Fsp3) is 0.150. The SMILES string of the molecule is CC(=O)NCc1cc2cc(Cl)c(-c3ccc4c(ccn4C)c3)cc2[nH]1. The van der Waals surface area contributed by atoms with Gasteiger partial charge in [-0.1, -0.05) is 17.7 Å². The highest BCUT2D eigenvalue weighted by Crippen LogP contribution is 2.34. The summed E-state index contributed by atoms with van der Waals surface area (Å²) < 4.78 is 2.10. The Morgan fingerprint density at radius 2 is 2.00 bits per heavy atom. The number of nitrogens with one attached hydrogen (secondary N) is 2. The standard InChI is InChI=1S/C20H18ClN3O/c1-12(25)22-11-16-8-15-9-18(21)17(10-19(15)23-16)13-3-4-20-14(7-13)5-6-24(20)2/h3-10,23H,11H2,1-2H3,(H,22,25). The minimum atomic E-state index is -0.0476. The van der Waals surface area contributed by atoms with Gasteiger partial charge in [0, 0.05) is 58.3 Å². The van der Waals surface area contributed by atoms with Crippen LogP contribution in [0.5, 0.6) is 0 Å². The van der Waals surface area contributed by atoms with Crippen LogP contribution in [0, 0.1) is 0 Å². The molecule has 0 aliphatic heterocycles. The zero-order chi connectivity index (χ0) is 17.6. The first-order valence-corrected chi connectivity index (χ1v) is 8.50. The van der Waals surface area contributed by atoms with Gasteiger partial charge in [-0.05, 0) is 42.0 Å². The van der Waals surface area contributed by atoms with E-state index in [9.17, 15) is 4.79 Å². The molecule has 126 valence electrons. The normalized spacial score (nSPS) is 11.3. The van der Waals surface area contributed by atoms with Crippen molar-refractivity contribution in [2.24, 2.45) is 7.05 Å². The molecule has 0 unspecified atom stereocenters. The van der Waals surface area contributed by atoms with E-state index in [4.69, 9.17) is 11.6 Å². The van der Waals surface area contributed by atoms with E-state index in [1.165, 1.54) is 17.8 Å². The molecule has 2 aromatic heterocycles. The van der Waals surface area contributed by atoms with E-state index in [2.05, 4.69) is 51.4 Å². The maximum Gasteiger partial charge on any atom is 0.217 e. The van der Waals surface area contributed by atoms with E-state index >= 15 is 0 Å². The fourth-order valence-electron chi connectivity index (χ4n) is 3.20. The number of nitrogens with zero attached hydrogens (tertiary/aromatic N) is 1. The molecule has 0 aliphatic carbocycles. The molecule has 1 amide bonds. The van der Waals surface area contributed by atoms with Crippen molar-refractivity contribution >= 4 is 39.3 Å². The molecule has 4 nitrogen and oxygen atoms in total. The quantitative estimate of drug-likeness (QED) is 0.556. The predicted octanol–water partition coefficient (Wildman–Crippen LogP) is 4.62. The van der Waals surface area contributed by atoms with Crippen molar-refractivity contribution in [3.8, 4) is 11.1 Å². The van der Waals surface area contributed by atoms with Crippen molar-refractivity contribution < 1.29 is 4.79 Å². The minimum absolute atomic E-state index is 0.0476. The first-order valence-electron chi connectivity index (χ1n) is 8.12. The second kappa shape index (κ2) is 5.97. The lowest BCUT2D eigenvalue weighted by Gasteiger charge is -2.06. The number of amides is 1. The Hall–Kier alpha value is -2.72. The van der Waals surface area contributed by atoms with Crippen LogP contribution in [-0.4, -0.2) is 15.5 Å². The summed E-state index contributed by atoms with van der Waals surface area (Å²) in [5.41, 5.74) is 5.24. The summed E-state index contributed by atoms with van der Waals surface area (Å²) in [6.07, 6.45) is 2.05. The van der Waals surface area contributed by atoms with Gasteiger partial charge < -0.3 is 14.9 Å². The van der Waals surface area contributed by atoms with Gasteiger partial charge in [0.15, 0.2) is 0 Å². The molecule has 0 saturated heterocycles. The number of hydrogen-bond donors (Lipinski definition) is 2. The topological polar surface area (TPSA) is 49.8 Å². The lowest BCUT2D eigenvalue weighted by atomic mass is 10.0. The number of carbonyl (C=O) groups is 1. The fourth-order valence-corrected chi connectivity index (χ4v) is 3.48. The highest BCUT2D eigenvalue weighted by molar-refractivity contribution is 6.34. The van der Waals surface area contributed by atoms with Gasteiger partial charge in [0.2, 0.25) is 5.91 Å². The van der Waals surface area contributed by atoms with Crippen LogP contribution >= 0.6 is 11.6 Å². The molecular weight excluding hydrogens is 334 g/mol. The maximum atomic E-state index is 11.1. The smallest absolute Gasteiger partial charge is 0.217 e. The van der Waals surface area contributed by atoms with E-state index in [0.29, 0.717) is 11.6 Å². The lowest BCUT2D eigenvalue weighted by Crippen LogP contribution is -2.18. The molecule has 2 heterocycles. The molecule has 25 heavy (non-hydrogen) atoms. The molecule has 0 saturated carbocycles. The Kier molecular flexibility index (Phi) is 3.77. The Morgan fingerprint density at radius 1 is 1.16 bits per heavy atom. The molecule has 5 heteroatoms. The van der Waals surface area contributed by atoms with Gasteiger partial charge in [-0.15, -0.1) is 0 Å². The molecule has 0 spiro atoms. The molecule has 0 fully saturated rings. The molecule has 0 atom stereocenters. The third-order valence-electron chi connectivity index (χ3n) is 4.49. The number of aryl methyl sites for hydroxylation is 1. The van der Waals surface area contributed by atoms with Crippen molar-refractivity contribution in [1.29, 1.82) is 0 Å². The molecule has 0 bridgehead atoms. The summed E-state index contributed by atoms with van der Waals surface area (Å²) in [5, 5.41) is 5.74. The van der Waals surface area contributed by atoms with E-state index in [1.54, 1.807) is 0 Å². The number of hydrogen-bond acceptors (Lipinski definition) is 1. The van der Waals surface area contributed by atoms with Crippen LogP contribution in [-0.2, 0) is 18.4 Å². The van der Waals surface area contributed by atoms with Gasteiger partial charge in [-0.3, -0.25) is 4.79 Å². The molecule has 0 radical (unpaired) electrons. The van der Waals surface area contributed by atoms with E-state index in [0.717, 1.165) is 27.7 Å². The molecular formula is C20H18ClN3O. The van der Waals surface area contributed by atoms with Crippen LogP contribution in [0.4, 0.5) is 0 Å². The van der Waals surface area contributed by atoms with Gasteiger partial charge in [0.25, 0.3) is 0 Å². The zero-order valence-electron chi connectivity index (χ0n) is 14.1. The summed E-state index contributed by atoms with van der Waals surface area (Å²) in [7, 11) is 2.04. The summed E-state index contributed by atoms with van der Waals surface area (Å²) in [4.78, 5) is 14.4. The van der Waals surface area contributed by atoms with Crippen molar-refractivity contribution in [1.82, 2.24) is 14.9 Å². The van der Waals surface area contributed by atoms with Crippen molar-refractivity contribution in [3.05, 3.63) is 59.4 Å². The largest absolute Gasteiger partial charge is 0.357 e. The van der Waals surface area contributed by atoms with Crippen LogP contribution < -0.4 is 5.32 Å². The Morgan fingerprint density at radius 3 is 2.80 bits per heavy atom. The van der Waals surface area contributed by atoms with Gasteiger partial charge >= 0.3 is 0 Å².